The van der Waals surface area contributed by atoms with E-state index >= 15 is 0 Å². The van der Waals surface area contributed by atoms with E-state index in [2.05, 4.69) is 26.5 Å². The van der Waals surface area contributed by atoms with Gasteiger partial charge in [0.2, 0.25) is 0 Å². The van der Waals surface area contributed by atoms with Gasteiger partial charge in [0.15, 0.2) is 0 Å². The Morgan fingerprint density at radius 3 is 3.05 bits per heavy atom. The summed E-state index contributed by atoms with van der Waals surface area (Å²) in [6.07, 6.45) is 7.26. The molecule has 2 aliphatic heterocycles. The lowest BCUT2D eigenvalue weighted by Gasteiger charge is -2.22. The first-order chi connectivity index (χ1) is 10.0. The van der Waals surface area contributed by atoms with Crippen LogP contribution >= 0.6 is 0 Å². The normalized spacial score (nSPS) is 45.1. The number of allylic oxidation sites excluding steroid dienone is 2. The van der Waals surface area contributed by atoms with Gasteiger partial charge in [0.25, 0.3) is 0 Å². The van der Waals surface area contributed by atoms with Crippen molar-refractivity contribution in [2.75, 3.05) is 13.2 Å². The lowest BCUT2D eigenvalue weighted by Crippen LogP contribution is -2.31. The molecular formula is C18H28O3. The van der Waals surface area contributed by atoms with E-state index in [4.69, 9.17) is 14.2 Å². The first-order valence-electron chi connectivity index (χ1n) is 8.32. The van der Waals surface area contributed by atoms with Crippen molar-refractivity contribution in [3.05, 3.63) is 24.0 Å². The molecule has 3 rings (SSSR count). The third-order valence-electron chi connectivity index (χ3n) is 5.39. The van der Waals surface area contributed by atoms with Crippen LogP contribution in [0.4, 0.5) is 0 Å². The zero-order valence-corrected chi connectivity index (χ0v) is 13.6. The molecule has 0 aromatic heterocycles. The van der Waals surface area contributed by atoms with Gasteiger partial charge in [-0.1, -0.05) is 18.2 Å². The van der Waals surface area contributed by atoms with Gasteiger partial charge in [-0.3, -0.25) is 0 Å². The molecule has 1 aliphatic carbocycles. The summed E-state index contributed by atoms with van der Waals surface area (Å²) in [6.45, 7) is 12.1. The molecular weight excluding hydrogens is 264 g/mol. The maximum Gasteiger partial charge on any atom is 0.131 e. The Morgan fingerprint density at radius 2 is 2.29 bits per heavy atom. The fourth-order valence-electron chi connectivity index (χ4n) is 3.90. The minimum atomic E-state index is -0.00216. The third kappa shape index (κ3) is 2.91. The van der Waals surface area contributed by atoms with Crippen LogP contribution in [0.1, 0.15) is 46.5 Å². The van der Waals surface area contributed by atoms with E-state index in [9.17, 15) is 0 Å². The topological polar surface area (TPSA) is 31.0 Å². The summed E-state index contributed by atoms with van der Waals surface area (Å²) in [4.78, 5) is 0. The van der Waals surface area contributed by atoms with Gasteiger partial charge < -0.3 is 14.2 Å². The van der Waals surface area contributed by atoms with E-state index < -0.39 is 0 Å². The average Bonchev–Trinajstić information content (AvgIpc) is 3.00. The number of hydrogen-bond donors (Lipinski definition) is 0. The highest BCUT2D eigenvalue weighted by Gasteiger charge is 2.61. The molecule has 0 radical (unpaired) electrons. The molecule has 3 aliphatic rings. The standard InChI is InChI=1S/C18H28O3/c1-5-19-11-15-13(3)20-16-14(15)9-8-12(2)7-6-10-18(4)17(16)21-18/h7,14-17H,3,5-6,8-11H2,1-2,4H3/b12-7+/t14-,15+,16-,17+,18+/m0/s1. The molecule has 0 aromatic carbocycles. The zero-order valence-electron chi connectivity index (χ0n) is 13.6. The molecule has 2 fully saturated rings. The SMILES string of the molecule is C=C1O[C@H]2[C@@H](CC/C(C)=C/CC[C@@]3(C)O[C@H]23)[C@@H]1COCC. The predicted molar refractivity (Wildman–Crippen MR) is 83.0 cm³/mol. The molecule has 2 heterocycles. The second kappa shape index (κ2) is 5.77. The molecule has 5 atom stereocenters. The first kappa shape index (κ1) is 15.1. The van der Waals surface area contributed by atoms with Gasteiger partial charge in [0, 0.05) is 18.4 Å². The number of ether oxygens (including phenoxy) is 3. The lowest BCUT2D eigenvalue weighted by atomic mass is 9.80. The summed E-state index contributed by atoms with van der Waals surface area (Å²) in [5.41, 5.74) is 1.49. The molecule has 0 spiro atoms. The van der Waals surface area contributed by atoms with E-state index in [1.165, 1.54) is 5.57 Å². The molecule has 3 heteroatoms. The molecule has 0 amide bonds. The van der Waals surface area contributed by atoms with Crippen molar-refractivity contribution in [1.29, 1.82) is 0 Å². The average molecular weight is 292 g/mol. The van der Waals surface area contributed by atoms with Gasteiger partial charge in [-0.15, -0.1) is 0 Å². The summed E-state index contributed by atoms with van der Waals surface area (Å²) >= 11 is 0. The van der Waals surface area contributed by atoms with Crippen LogP contribution in [0, 0.1) is 11.8 Å². The van der Waals surface area contributed by atoms with Crippen molar-refractivity contribution < 1.29 is 14.2 Å². The highest BCUT2D eigenvalue weighted by atomic mass is 16.6. The van der Waals surface area contributed by atoms with E-state index in [0.29, 0.717) is 11.8 Å². The molecule has 0 saturated carbocycles. The minimum absolute atomic E-state index is 0.00216. The van der Waals surface area contributed by atoms with E-state index in [1.54, 1.807) is 0 Å². The Balaban J connectivity index is 1.80. The first-order valence-corrected chi connectivity index (χ1v) is 8.32. The van der Waals surface area contributed by atoms with Crippen molar-refractivity contribution >= 4 is 0 Å². The zero-order chi connectivity index (χ0) is 15.0. The molecule has 2 saturated heterocycles. The number of rotatable bonds is 3. The number of fused-ring (bicyclic) bond motifs is 3. The van der Waals surface area contributed by atoms with Gasteiger partial charge >= 0.3 is 0 Å². The molecule has 3 nitrogen and oxygen atoms in total. The highest BCUT2D eigenvalue weighted by molar-refractivity contribution is 5.16. The smallest absolute Gasteiger partial charge is 0.131 e. The Morgan fingerprint density at radius 1 is 1.48 bits per heavy atom. The lowest BCUT2D eigenvalue weighted by molar-refractivity contribution is 0.0858. The fraction of sp³-hybridized carbons (Fsp3) is 0.778. The van der Waals surface area contributed by atoms with E-state index in [1.807, 2.05) is 6.92 Å². The molecule has 0 N–H and O–H groups in total. The van der Waals surface area contributed by atoms with Crippen LogP contribution in [0.2, 0.25) is 0 Å². The Labute approximate surface area is 128 Å². The van der Waals surface area contributed by atoms with E-state index in [-0.39, 0.29) is 17.8 Å². The summed E-state index contributed by atoms with van der Waals surface area (Å²) in [5.74, 6) is 1.69. The quantitative estimate of drug-likeness (QED) is 0.585. The van der Waals surface area contributed by atoms with Gasteiger partial charge in [-0.05, 0) is 46.5 Å². The minimum Gasteiger partial charge on any atom is -0.492 e. The summed E-state index contributed by atoms with van der Waals surface area (Å²) < 4.78 is 17.9. The van der Waals surface area contributed by atoms with Gasteiger partial charge in [0.05, 0.1) is 18.0 Å². The largest absolute Gasteiger partial charge is 0.492 e. The molecule has 0 bridgehead atoms. The molecule has 21 heavy (non-hydrogen) atoms. The maximum atomic E-state index is 6.14. The summed E-state index contributed by atoms with van der Waals surface area (Å²) in [6, 6.07) is 0. The monoisotopic (exact) mass is 292 g/mol. The Kier molecular flexibility index (Phi) is 4.15. The van der Waals surface area contributed by atoms with Crippen LogP contribution in [0.25, 0.3) is 0 Å². The van der Waals surface area contributed by atoms with Crippen LogP contribution in [0.5, 0.6) is 0 Å². The predicted octanol–water partition coefficient (Wildman–Crippen LogP) is 3.85. The van der Waals surface area contributed by atoms with Crippen LogP contribution < -0.4 is 0 Å². The molecule has 0 unspecified atom stereocenters. The highest BCUT2D eigenvalue weighted by Crippen LogP contribution is 2.51. The third-order valence-corrected chi connectivity index (χ3v) is 5.39. The van der Waals surface area contributed by atoms with Crippen LogP contribution in [0.3, 0.4) is 0 Å². The van der Waals surface area contributed by atoms with Crippen LogP contribution in [0.15, 0.2) is 24.0 Å². The van der Waals surface area contributed by atoms with Crippen molar-refractivity contribution in [2.24, 2.45) is 11.8 Å². The van der Waals surface area contributed by atoms with Gasteiger partial charge in [-0.2, -0.15) is 0 Å². The van der Waals surface area contributed by atoms with Crippen LogP contribution in [-0.4, -0.2) is 31.0 Å². The Bertz CT molecular complexity index is 442. The second-order valence-corrected chi connectivity index (χ2v) is 6.96. The van der Waals surface area contributed by atoms with E-state index in [0.717, 1.165) is 44.7 Å². The van der Waals surface area contributed by atoms with Crippen molar-refractivity contribution in [2.45, 2.75) is 64.3 Å². The summed E-state index contributed by atoms with van der Waals surface area (Å²) in [5, 5.41) is 0. The fourth-order valence-corrected chi connectivity index (χ4v) is 3.90. The molecule has 118 valence electrons. The van der Waals surface area contributed by atoms with Gasteiger partial charge in [0.1, 0.15) is 12.2 Å². The van der Waals surface area contributed by atoms with Crippen molar-refractivity contribution in [1.82, 2.24) is 0 Å². The van der Waals surface area contributed by atoms with Crippen molar-refractivity contribution in [3.63, 3.8) is 0 Å². The number of epoxide rings is 1. The molecule has 0 aromatic rings. The summed E-state index contributed by atoms with van der Waals surface area (Å²) in [7, 11) is 0. The van der Waals surface area contributed by atoms with Crippen molar-refractivity contribution in [3.8, 4) is 0 Å². The number of hydrogen-bond acceptors (Lipinski definition) is 3. The Hall–Kier alpha value is -0.800. The second-order valence-electron chi connectivity index (χ2n) is 6.96. The van der Waals surface area contributed by atoms with Crippen LogP contribution in [-0.2, 0) is 14.2 Å². The maximum absolute atomic E-state index is 6.14. The van der Waals surface area contributed by atoms with Gasteiger partial charge in [-0.25, -0.2) is 0 Å².